The molecular weight excluding hydrogens is 403 g/mol. The van der Waals surface area contributed by atoms with Crippen LogP contribution in [0.15, 0.2) is 4.99 Å². The summed E-state index contributed by atoms with van der Waals surface area (Å²) in [7, 11) is -3.09. The van der Waals surface area contributed by atoms with Gasteiger partial charge in [-0.2, -0.15) is 0 Å². The van der Waals surface area contributed by atoms with Crippen LogP contribution in [0.4, 0.5) is 0 Å². The topological polar surface area (TPSA) is 96.6 Å². The lowest BCUT2D eigenvalue weighted by molar-refractivity contribution is 0.530. The predicted molar refractivity (Wildman–Crippen MR) is 98.6 cm³/mol. The molecule has 0 amide bonds. The van der Waals surface area contributed by atoms with Crippen LogP contribution < -0.4 is 15.8 Å². The second-order valence-corrected chi connectivity index (χ2v) is 7.35. The molecular formula is C13H29IN4O2S. The van der Waals surface area contributed by atoms with E-state index in [-0.39, 0.29) is 29.7 Å². The van der Waals surface area contributed by atoms with Gasteiger partial charge in [0.15, 0.2) is 5.96 Å². The largest absolute Gasteiger partial charge is 0.370 e. The van der Waals surface area contributed by atoms with E-state index in [1.54, 1.807) is 6.92 Å². The first-order valence-corrected chi connectivity index (χ1v) is 9.22. The van der Waals surface area contributed by atoms with Gasteiger partial charge < -0.3 is 11.1 Å². The van der Waals surface area contributed by atoms with Gasteiger partial charge in [0, 0.05) is 19.1 Å². The zero-order valence-electron chi connectivity index (χ0n) is 12.8. The van der Waals surface area contributed by atoms with Gasteiger partial charge in [0.2, 0.25) is 10.0 Å². The summed E-state index contributed by atoms with van der Waals surface area (Å²) in [5.41, 5.74) is 5.85. The highest BCUT2D eigenvalue weighted by atomic mass is 127. The zero-order chi connectivity index (χ0) is 14.8. The van der Waals surface area contributed by atoms with Crippen LogP contribution in [0.25, 0.3) is 0 Å². The average Bonchev–Trinajstić information content (AvgIpc) is 2.67. The highest BCUT2D eigenvalue weighted by Crippen LogP contribution is 2.16. The molecule has 0 saturated heterocycles. The minimum absolute atomic E-state index is 0. The molecule has 1 rings (SSSR count). The number of hydrogen-bond acceptors (Lipinski definition) is 3. The Morgan fingerprint density at radius 1 is 1.24 bits per heavy atom. The van der Waals surface area contributed by atoms with E-state index in [1.165, 1.54) is 25.7 Å². The van der Waals surface area contributed by atoms with Gasteiger partial charge >= 0.3 is 0 Å². The molecule has 8 heteroatoms. The summed E-state index contributed by atoms with van der Waals surface area (Å²) in [6.07, 6.45) is 8.11. The van der Waals surface area contributed by atoms with Crippen molar-refractivity contribution in [1.82, 2.24) is 10.0 Å². The van der Waals surface area contributed by atoms with Crippen LogP contribution in [0.3, 0.4) is 0 Å². The van der Waals surface area contributed by atoms with Crippen molar-refractivity contribution >= 4 is 40.0 Å². The second-order valence-electron chi connectivity index (χ2n) is 5.25. The molecule has 0 aromatic carbocycles. The van der Waals surface area contributed by atoms with Crippen molar-refractivity contribution < 1.29 is 8.42 Å². The fourth-order valence-electron chi connectivity index (χ4n) is 2.29. The third-order valence-electron chi connectivity index (χ3n) is 3.53. The smallest absolute Gasteiger partial charge is 0.211 e. The molecule has 0 unspecified atom stereocenters. The summed E-state index contributed by atoms with van der Waals surface area (Å²) in [5, 5.41) is 3.27. The van der Waals surface area contributed by atoms with Gasteiger partial charge in [-0.1, -0.05) is 25.7 Å². The molecule has 0 aliphatic heterocycles. The third kappa shape index (κ3) is 10.3. The molecule has 0 heterocycles. The molecule has 0 aromatic rings. The number of guanidine groups is 1. The lowest BCUT2D eigenvalue weighted by atomic mass is 10.1. The minimum atomic E-state index is -3.09. The van der Waals surface area contributed by atoms with Gasteiger partial charge in [-0.25, -0.2) is 13.1 Å². The van der Waals surface area contributed by atoms with Crippen molar-refractivity contribution in [2.45, 2.75) is 57.9 Å². The van der Waals surface area contributed by atoms with Crippen molar-refractivity contribution in [1.29, 1.82) is 0 Å². The molecule has 1 fully saturated rings. The number of aliphatic imine (C=N–C) groups is 1. The number of nitrogens with zero attached hydrogens (tertiary/aromatic N) is 1. The summed E-state index contributed by atoms with van der Waals surface area (Å²) in [6, 6.07) is 0.444. The third-order valence-corrected chi connectivity index (χ3v) is 4.93. The average molecular weight is 432 g/mol. The maximum Gasteiger partial charge on any atom is 0.211 e. The van der Waals surface area contributed by atoms with Crippen LogP contribution in [-0.2, 0) is 10.0 Å². The van der Waals surface area contributed by atoms with Crippen LogP contribution in [0.2, 0.25) is 0 Å². The van der Waals surface area contributed by atoms with E-state index < -0.39 is 10.0 Å². The van der Waals surface area contributed by atoms with Gasteiger partial charge in [0.05, 0.1) is 5.75 Å². The van der Waals surface area contributed by atoms with Crippen molar-refractivity contribution in [3.8, 4) is 0 Å². The maximum atomic E-state index is 11.2. The Bertz CT molecular complexity index is 393. The SMILES string of the molecule is CCS(=O)(=O)NCCCN=C(N)NC1CCCCCC1.I. The van der Waals surface area contributed by atoms with E-state index in [9.17, 15) is 8.42 Å². The van der Waals surface area contributed by atoms with Gasteiger partial charge in [-0.15, -0.1) is 24.0 Å². The van der Waals surface area contributed by atoms with E-state index in [1.807, 2.05) is 0 Å². The fourth-order valence-corrected chi connectivity index (χ4v) is 2.95. The van der Waals surface area contributed by atoms with Gasteiger partial charge in [-0.3, -0.25) is 4.99 Å². The molecule has 0 radical (unpaired) electrons. The highest BCUT2D eigenvalue weighted by molar-refractivity contribution is 14.0. The van der Waals surface area contributed by atoms with Crippen molar-refractivity contribution in [3.05, 3.63) is 0 Å². The Morgan fingerprint density at radius 2 is 1.86 bits per heavy atom. The first-order valence-electron chi connectivity index (χ1n) is 7.57. The number of nitrogens with one attached hydrogen (secondary N) is 2. The molecule has 0 aromatic heterocycles. The molecule has 21 heavy (non-hydrogen) atoms. The van der Waals surface area contributed by atoms with Gasteiger partial charge in [0.1, 0.15) is 0 Å². The van der Waals surface area contributed by atoms with Crippen molar-refractivity contribution in [2.75, 3.05) is 18.8 Å². The van der Waals surface area contributed by atoms with E-state index in [0.717, 1.165) is 12.8 Å². The van der Waals surface area contributed by atoms with Crippen LogP contribution in [0.1, 0.15) is 51.9 Å². The Balaban J connectivity index is 0.00000400. The molecule has 0 bridgehead atoms. The Kier molecular flexibility index (Phi) is 11.4. The standard InChI is InChI=1S/C13H28N4O2S.HI/c1-2-20(18,19)16-11-7-10-15-13(14)17-12-8-5-3-4-6-9-12;/h12,16H,2-11H2,1H3,(H3,14,15,17);1H. The predicted octanol–water partition coefficient (Wildman–Crippen LogP) is 1.56. The molecule has 0 spiro atoms. The van der Waals surface area contributed by atoms with Gasteiger partial charge in [-0.05, 0) is 26.2 Å². The monoisotopic (exact) mass is 432 g/mol. The lowest BCUT2D eigenvalue weighted by Crippen LogP contribution is -2.40. The van der Waals surface area contributed by atoms with Crippen LogP contribution >= 0.6 is 24.0 Å². The van der Waals surface area contributed by atoms with E-state index in [0.29, 0.717) is 31.5 Å². The van der Waals surface area contributed by atoms with Crippen LogP contribution in [0, 0.1) is 0 Å². The first kappa shape index (κ1) is 20.9. The van der Waals surface area contributed by atoms with E-state index in [4.69, 9.17) is 5.73 Å². The quantitative estimate of drug-likeness (QED) is 0.187. The summed E-state index contributed by atoms with van der Waals surface area (Å²) in [4.78, 5) is 4.24. The summed E-state index contributed by atoms with van der Waals surface area (Å²) in [5.74, 6) is 0.594. The molecule has 1 saturated carbocycles. The van der Waals surface area contributed by atoms with E-state index in [2.05, 4.69) is 15.0 Å². The van der Waals surface area contributed by atoms with Gasteiger partial charge in [0.25, 0.3) is 0 Å². The zero-order valence-corrected chi connectivity index (χ0v) is 16.0. The molecule has 126 valence electrons. The Labute approximate surface area is 145 Å². The molecule has 0 atom stereocenters. The highest BCUT2D eigenvalue weighted by Gasteiger charge is 2.12. The molecule has 1 aliphatic carbocycles. The van der Waals surface area contributed by atoms with E-state index >= 15 is 0 Å². The number of sulfonamides is 1. The number of rotatable bonds is 7. The molecule has 1 aliphatic rings. The Morgan fingerprint density at radius 3 is 2.43 bits per heavy atom. The van der Waals surface area contributed by atoms with Crippen LogP contribution in [0.5, 0.6) is 0 Å². The number of hydrogen-bond donors (Lipinski definition) is 3. The summed E-state index contributed by atoms with van der Waals surface area (Å²) >= 11 is 0. The Hall–Kier alpha value is -0.0900. The lowest BCUT2D eigenvalue weighted by Gasteiger charge is -2.16. The normalized spacial score (nSPS) is 17.9. The maximum absolute atomic E-state index is 11.2. The minimum Gasteiger partial charge on any atom is -0.370 e. The van der Waals surface area contributed by atoms with Crippen molar-refractivity contribution in [2.24, 2.45) is 10.7 Å². The van der Waals surface area contributed by atoms with Crippen LogP contribution in [-0.4, -0.2) is 39.3 Å². The number of halogens is 1. The second kappa shape index (κ2) is 11.5. The van der Waals surface area contributed by atoms with Crippen molar-refractivity contribution in [3.63, 3.8) is 0 Å². The summed E-state index contributed by atoms with van der Waals surface area (Å²) < 4.78 is 24.9. The number of nitrogens with two attached hydrogens (primary N) is 1. The first-order chi connectivity index (χ1) is 9.53. The molecule has 6 nitrogen and oxygen atoms in total. The summed E-state index contributed by atoms with van der Waals surface area (Å²) in [6.45, 7) is 2.57. The molecule has 4 N–H and O–H groups in total. The fraction of sp³-hybridized carbons (Fsp3) is 0.923.